The second-order valence-electron chi connectivity index (χ2n) is 5.16. The van der Waals surface area contributed by atoms with E-state index >= 15 is 0 Å². The van der Waals surface area contributed by atoms with Gasteiger partial charge in [0.15, 0.2) is 5.78 Å². The highest BCUT2D eigenvalue weighted by Gasteiger charge is 1.98. The molecule has 152 valence electrons. The molecular weight excluding hydrogens is 310 g/mol. The van der Waals surface area contributed by atoms with Crippen molar-refractivity contribution in [2.24, 2.45) is 5.73 Å². The van der Waals surface area contributed by atoms with Crippen molar-refractivity contribution >= 4 is 5.78 Å². The summed E-state index contributed by atoms with van der Waals surface area (Å²) < 4.78 is 5.29. The van der Waals surface area contributed by atoms with Crippen LogP contribution in [0.4, 0.5) is 0 Å². The Bertz CT molecular complexity index is 303. The number of allylic oxidation sites excluding steroid dienone is 3. The molecule has 0 radical (unpaired) electrons. The molecule has 0 heterocycles. The van der Waals surface area contributed by atoms with E-state index in [4.69, 9.17) is 10.5 Å². The molecule has 0 amide bonds. The van der Waals surface area contributed by atoms with Gasteiger partial charge in [-0.3, -0.25) is 4.79 Å². The Morgan fingerprint density at radius 3 is 1.76 bits per heavy atom. The summed E-state index contributed by atoms with van der Waals surface area (Å²) in [6.07, 6.45) is 10.4. The van der Waals surface area contributed by atoms with Gasteiger partial charge in [0.25, 0.3) is 0 Å². The van der Waals surface area contributed by atoms with Crippen molar-refractivity contribution in [2.45, 2.75) is 107 Å². The Morgan fingerprint density at radius 2 is 1.48 bits per heavy atom. The van der Waals surface area contributed by atoms with E-state index in [1.807, 2.05) is 60.6 Å². The van der Waals surface area contributed by atoms with Gasteiger partial charge in [0.2, 0.25) is 0 Å². The fourth-order valence-electron chi connectivity index (χ4n) is 1.86. The maximum absolute atomic E-state index is 11.0. The molecule has 0 saturated heterocycles. The standard InChI is InChI=1S/C11H18O2.C7H17N.2C2H6/c1-5-11(10(4)12)8-7-9(3)13-6-2;1-3-5-7(8)6-4-2;2*1-2/h5,7-9H,6H2,1-4H3;7H,3-6,8H2,1-2H3;2*1-2H3/b8-7-,11-5+;;;. The molecule has 0 aromatic rings. The Balaban J connectivity index is -0.000000157. The normalized spacial score (nSPS) is 11.6. The van der Waals surface area contributed by atoms with Crippen molar-refractivity contribution in [3.63, 3.8) is 0 Å². The molecule has 1 atom stereocenters. The van der Waals surface area contributed by atoms with Crippen LogP contribution in [0.2, 0.25) is 0 Å². The van der Waals surface area contributed by atoms with Gasteiger partial charge >= 0.3 is 0 Å². The molecule has 2 N–H and O–H groups in total. The van der Waals surface area contributed by atoms with E-state index in [1.54, 1.807) is 13.0 Å². The third kappa shape index (κ3) is 28.2. The lowest BCUT2D eigenvalue weighted by Gasteiger charge is -2.05. The number of hydrogen-bond acceptors (Lipinski definition) is 3. The van der Waals surface area contributed by atoms with Crippen LogP contribution in [-0.4, -0.2) is 24.5 Å². The van der Waals surface area contributed by atoms with Gasteiger partial charge in [-0.1, -0.05) is 72.6 Å². The van der Waals surface area contributed by atoms with Crippen LogP contribution >= 0.6 is 0 Å². The molecule has 0 aliphatic rings. The van der Waals surface area contributed by atoms with Crippen molar-refractivity contribution in [3.05, 3.63) is 23.8 Å². The smallest absolute Gasteiger partial charge is 0.159 e. The van der Waals surface area contributed by atoms with Crippen LogP contribution in [0.15, 0.2) is 23.8 Å². The SMILES string of the molecule is C/C=C(\C=C/C(C)OCC)C(C)=O.CC.CC.CCCC(N)CCC. The minimum absolute atomic E-state index is 0.0688. The van der Waals surface area contributed by atoms with Crippen molar-refractivity contribution in [1.82, 2.24) is 0 Å². The number of nitrogens with two attached hydrogens (primary N) is 1. The maximum Gasteiger partial charge on any atom is 0.159 e. The topological polar surface area (TPSA) is 52.3 Å². The van der Waals surface area contributed by atoms with Crippen molar-refractivity contribution in [1.29, 1.82) is 0 Å². The zero-order valence-electron chi connectivity index (χ0n) is 18.8. The average molecular weight is 358 g/mol. The van der Waals surface area contributed by atoms with E-state index in [-0.39, 0.29) is 11.9 Å². The number of rotatable bonds is 9. The van der Waals surface area contributed by atoms with Gasteiger partial charge < -0.3 is 10.5 Å². The molecular formula is C22H47NO2. The summed E-state index contributed by atoms with van der Waals surface area (Å²) >= 11 is 0. The zero-order chi connectivity index (χ0) is 20.7. The van der Waals surface area contributed by atoms with Crippen LogP contribution in [0.25, 0.3) is 0 Å². The quantitative estimate of drug-likeness (QED) is 0.380. The van der Waals surface area contributed by atoms with Gasteiger partial charge in [-0.05, 0) is 40.5 Å². The van der Waals surface area contributed by atoms with Gasteiger partial charge in [-0.25, -0.2) is 0 Å². The molecule has 25 heavy (non-hydrogen) atoms. The van der Waals surface area contributed by atoms with Crippen molar-refractivity contribution < 1.29 is 9.53 Å². The summed E-state index contributed by atoms with van der Waals surface area (Å²) in [5, 5.41) is 0. The Morgan fingerprint density at radius 1 is 1.04 bits per heavy atom. The lowest BCUT2D eigenvalue weighted by atomic mass is 10.1. The molecule has 0 bridgehead atoms. The summed E-state index contributed by atoms with van der Waals surface area (Å²) in [6, 6.07) is 0.463. The highest BCUT2D eigenvalue weighted by molar-refractivity contribution is 5.95. The summed E-state index contributed by atoms with van der Waals surface area (Å²) in [5.41, 5.74) is 6.42. The zero-order valence-corrected chi connectivity index (χ0v) is 18.8. The first-order valence-electron chi connectivity index (χ1n) is 10.1. The molecule has 1 unspecified atom stereocenters. The second-order valence-corrected chi connectivity index (χ2v) is 5.16. The molecule has 0 saturated carbocycles. The Labute approximate surface area is 159 Å². The molecule has 0 rings (SSSR count). The van der Waals surface area contributed by atoms with Crippen LogP contribution in [0.1, 0.15) is 94.9 Å². The number of carbonyl (C=O) groups is 1. The molecule has 0 aliphatic carbocycles. The van der Waals surface area contributed by atoms with Crippen LogP contribution in [0.5, 0.6) is 0 Å². The van der Waals surface area contributed by atoms with E-state index in [0.717, 1.165) is 5.57 Å². The monoisotopic (exact) mass is 357 g/mol. The summed E-state index contributed by atoms with van der Waals surface area (Å²) in [7, 11) is 0. The maximum atomic E-state index is 11.0. The summed E-state index contributed by atoms with van der Waals surface area (Å²) in [6.45, 7) is 20.4. The van der Waals surface area contributed by atoms with Crippen LogP contribution in [-0.2, 0) is 9.53 Å². The predicted molar refractivity (Wildman–Crippen MR) is 115 cm³/mol. The number of hydrogen-bond donors (Lipinski definition) is 1. The van der Waals surface area contributed by atoms with Crippen molar-refractivity contribution in [3.8, 4) is 0 Å². The van der Waals surface area contributed by atoms with E-state index in [9.17, 15) is 4.79 Å². The average Bonchev–Trinajstić information content (AvgIpc) is 2.60. The Kier molecular flexibility index (Phi) is 35.5. The fraction of sp³-hybridized carbons (Fsp3) is 0.773. The highest BCUT2D eigenvalue weighted by Crippen LogP contribution is 2.01. The molecule has 3 heteroatoms. The van der Waals surface area contributed by atoms with Crippen LogP contribution in [0.3, 0.4) is 0 Å². The predicted octanol–water partition coefficient (Wildman–Crippen LogP) is 6.47. The number of Topliss-reactive ketones (excluding diaryl/α,β-unsaturated/α-hetero) is 1. The van der Waals surface area contributed by atoms with E-state index in [2.05, 4.69) is 13.8 Å². The largest absolute Gasteiger partial charge is 0.375 e. The van der Waals surface area contributed by atoms with E-state index < -0.39 is 0 Å². The Hall–Kier alpha value is -0.930. The van der Waals surface area contributed by atoms with Gasteiger partial charge in [0, 0.05) is 18.2 Å². The molecule has 0 aliphatic heterocycles. The molecule has 0 aromatic heterocycles. The van der Waals surface area contributed by atoms with Crippen LogP contribution < -0.4 is 5.73 Å². The van der Waals surface area contributed by atoms with Gasteiger partial charge in [-0.15, -0.1) is 0 Å². The second kappa shape index (κ2) is 27.9. The van der Waals surface area contributed by atoms with E-state index in [1.165, 1.54) is 25.7 Å². The number of carbonyl (C=O) groups excluding carboxylic acids is 1. The van der Waals surface area contributed by atoms with Gasteiger partial charge in [-0.2, -0.15) is 0 Å². The molecule has 3 nitrogen and oxygen atoms in total. The first-order chi connectivity index (χ1) is 11.9. The molecule has 0 aromatic carbocycles. The van der Waals surface area contributed by atoms with Crippen LogP contribution in [0, 0.1) is 0 Å². The number of ketones is 1. The molecule has 0 fully saturated rings. The minimum atomic E-state index is 0.0688. The fourth-order valence-corrected chi connectivity index (χ4v) is 1.86. The summed E-state index contributed by atoms with van der Waals surface area (Å²) in [5.74, 6) is 0.0856. The first kappa shape index (κ1) is 31.8. The van der Waals surface area contributed by atoms with Gasteiger partial charge in [0.05, 0.1) is 6.10 Å². The third-order valence-electron chi connectivity index (χ3n) is 3.01. The highest BCUT2D eigenvalue weighted by atomic mass is 16.5. The number of ether oxygens (including phenoxy) is 1. The summed E-state index contributed by atoms with van der Waals surface area (Å²) in [4.78, 5) is 11.0. The van der Waals surface area contributed by atoms with Gasteiger partial charge in [0.1, 0.15) is 0 Å². The minimum Gasteiger partial charge on any atom is -0.375 e. The van der Waals surface area contributed by atoms with E-state index in [0.29, 0.717) is 12.6 Å². The third-order valence-corrected chi connectivity index (χ3v) is 3.01. The lowest BCUT2D eigenvalue weighted by molar-refractivity contribution is -0.113. The lowest BCUT2D eigenvalue weighted by Crippen LogP contribution is -2.18. The molecule has 0 spiro atoms. The first-order valence-corrected chi connectivity index (χ1v) is 10.1. The van der Waals surface area contributed by atoms with Crippen molar-refractivity contribution in [2.75, 3.05) is 6.61 Å².